The van der Waals surface area contributed by atoms with E-state index in [0.717, 1.165) is 45.0 Å². The van der Waals surface area contributed by atoms with Crippen LogP contribution in [0, 0.1) is 6.92 Å². The lowest BCUT2D eigenvalue weighted by Gasteiger charge is -2.27. The van der Waals surface area contributed by atoms with E-state index in [1.165, 1.54) is 11.3 Å². The smallest absolute Gasteiger partial charge is 0.0371 e. The molecule has 0 amide bonds. The number of nitrogen functional groups attached to an aromatic ring is 1. The Bertz CT molecular complexity index is 405. The maximum Gasteiger partial charge on any atom is 0.0371 e. The van der Waals surface area contributed by atoms with Crippen molar-refractivity contribution in [2.24, 2.45) is 0 Å². The minimum atomic E-state index is 0.877. The molecule has 0 saturated carbocycles. The van der Waals surface area contributed by atoms with Crippen molar-refractivity contribution < 1.29 is 0 Å². The van der Waals surface area contributed by atoms with Gasteiger partial charge in [-0.25, -0.2) is 0 Å². The molecule has 1 saturated heterocycles. The Balaban J connectivity index is 2.13. The second-order valence-electron chi connectivity index (χ2n) is 5.63. The first-order chi connectivity index (χ1) is 9.06. The van der Waals surface area contributed by atoms with Gasteiger partial charge in [0, 0.05) is 50.6 Å². The zero-order valence-electron chi connectivity index (χ0n) is 12.4. The van der Waals surface area contributed by atoms with Gasteiger partial charge in [0.15, 0.2) is 0 Å². The molecular formula is C15H26N4. The van der Waals surface area contributed by atoms with Crippen molar-refractivity contribution in [2.45, 2.75) is 6.92 Å². The molecule has 1 aliphatic heterocycles. The van der Waals surface area contributed by atoms with Crippen molar-refractivity contribution >= 4 is 11.4 Å². The number of benzene rings is 1. The van der Waals surface area contributed by atoms with Crippen LogP contribution in [0.25, 0.3) is 0 Å². The molecule has 0 atom stereocenters. The second-order valence-corrected chi connectivity index (χ2v) is 5.63. The maximum absolute atomic E-state index is 5.91. The number of likely N-dealkylation sites (N-methyl/N-ethyl adjacent to an activating group) is 2. The van der Waals surface area contributed by atoms with E-state index in [0.29, 0.717) is 0 Å². The van der Waals surface area contributed by atoms with E-state index in [9.17, 15) is 0 Å². The molecule has 2 N–H and O–H groups in total. The van der Waals surface area contributed by atoms with Crippen molar-refractivity contribution in [3.63, 3.8) is 0 Å². The fourth-order valence-corrected chi connectivity index (χ4v) is 2.37. The molecule has 2 rings (SSSR count). The largest absolute Gasteiger partial charge is 0.399 e. The lowest BCUT2D eigenvalue weighted by atomic mass is 10.1. The van der Waals surface area contributed by atoms with Crippen LogP contribution >= 0.6 is 0 Å². The summed E-state index contributed by atoms with van der Waals surface area (Å²) in [6.45, 7) is 8.74. The molecule has 0 spiro atoms. The molecule has 106 valence electrons. The van der Waals surface area contributed by atoms with Crippen LogP contribution in [0.15, 0.2) is 18.2 Å². The van der Waals surface area contributed by atoms with Crippen molar-refractivity contribution in [3.8, 4) is 0 Å². The van der Waals surface area contributed by atoms with Gasteiger partial charge >= 0.3 is 0 Å². The fraction of sp³-hybridized carbons (Fsp3) is 0.600. The third kappa shape index (κ3) is 3.85. The van der Waals surface area contributed by atoms with E-state index in [-0.39, 0.29) is 0 Å². The summed E-state index contributed by atoms with van der Waals surface area (Å²) in [7, 11) is 4.40. The van der Waals surface area contributed by atoms with Crippen LogP contribution in [0.4, 0.5) is 11.4 Å². The lowest BCUT2D eigenvalue weighted by molar-refractivity contribution is 0.277. The SMILES string of the molecule is Cc1cc(N2CCN(C)CCN(C)CC2)ccc1N. The number of nitrogens with zero attached hydrogens (tertiary/aromatic N) is 3. The minimum absolute atomic E-state index is 0.877. The van der Waals surface area contributed by atoms with Gasteiger partial charge in [0.05, 0.1) is 0 Å². The first-order valence-corrected chi connectivity index (χ1v) is 7.04. The molecule has 0 aromatic heterocycles. The Morgan fingerprint density at radius 1 is 0.895 bits per heavy atom. The zero-order valence-corrected chi connectivity index (χ0v) is 12.4. The molecule has 1 aromatic rings. The highest BCUT2D eigenvalue weighted by Gasteiger charge is 2.13. The standard InChI is InChI=1S/C15H26N4/c1-13-12-14(4-5-15(13)16)19-10-8-17(2)6-7-18(3)9-11-19/h4-5,12H,6-11,16H2,1-3H3. The van der Waals surface area contributed by atoms with Gasteiger partial charge in [0.2, 0.25) is 0 Å². The van der Waals surface area contributed by atoms with Crippen LogP contribution in [0.3, 0.4) is 0 Å². The fourth-order valence-electron chi connectivity index (χ4n) is 2.37. The van der Waals surface area contributed by atoms with E-state index >= 15 is 0 Å². The zero-order chi connectivity index (χ0) is 13.8. The molecule has 4 nitrogen and oxygen atoms in total. The van der Waals surface area contributed by atoms with Gasteiger partial charge in [-0.1, -0.05) is 0 Å². The molecule has 0 radical (unpaired) electrons. The summed E-state index contributed by atoms with van der Waals surface area (Å²) in [4.78, 5) is 7.27. The highest BCUT2D eigenvalue weighted by Crippen LogP contribution is 2.20. The first kappa shape index (κ1) is 14.2. The Morgan fingerprint density at radius 2 is 1.42 bits per heavy atom. The van der Waals surface area contributed by atoms with Crippen LogP contribution in [-0.2, 0) is 0 Å². The van der Waals surface area contributed by atoms with E-state index in [2.05, 4.69) is 47.9 Å². The summed E-state index contributed by atoms with van der Waals surface area (Å²) < 4.78 is 0. The first-order valence-electron chi connectivity index (χ1n) is 7.04. The number of hydrogen-bond acceptors (Lipinski definition) is 4. The monoisotopic (exact) mass is 262 g/mol. The quantitative estimate of drug-likeness (QED) is 0.773. The third-order valence-corrected chi connectivity index (χ3v) is 3.99. The minimum Gasteiger partial charge on any atom is -0.399 e. The molecule has 1 aliphatic rings. The van der Waals surface area contributed by atoms with Gasteiger partial charge in [-0.05, 0) is 44.8 Å². The average molecular weight is 262 g/mol. The normalized spacial score (nSPS) is 19.8. The van der Waals surface area contributed by atoms with Crippen LogP contribution in [0.5, 0.6) is 0 Å². The number of hydrogen-bond donors (Lipinski definition) is 1. The van der Waals surface area contributed by atoms with Gasteiger partial charge < -0.3 is 20.4 Å². The number of rotatable bonds is 1. The summed E-state index contributed by atoms with van der Waals surface area (Å²) >= 11 is 0. The van der Waals surface area contributed by atoms with Gasteiger partial charge in [0.25, 0.3) is 0 Å². The average Bonchev–Trinajstić information content (AvgIpc) is 2.46. The maximum atomic E-state index is 5.91. The number of nitrogens with two attached hydrogens (primary N) is 1. The van der Waals surface area contributed by atoms with Crippen molar-refractivity contribution in [1.82, 2.24) is 9.80 Å². The predicted molar refractivity (Wildman–Crippen MR) is 82.8 cm³/mol. The molecule has 4 heteroatoms. The van der Waals surface area contributed by atoms with Gasteiger partial charge in [-0.2, -0.15) is 0 Å². The summed E-state index contributed by atoms with van der Waals surface area (Å²) in [6.07, 6.45) is 0. The van der Waals surface area contributed by atoms with Crippen molar-refractivity contribution in [3.05, 3.63) is 23.8 Å². The summed E-state index contributed by atoms with van der Waals surface area (Å²) in [5, 5.41) is 0. The van der Waals surface area contributed by atoms with Gasteiger partial charge in [0.1, 0.15) is 0 Å². The van der Waals surface area contributed by atoms with E-state index in [1.54, 1.807) is 0 Å². The summed E-state index contributed by atoms with van der Waals surface area (Å²) in [6, 6.07) is 6.36. The molecule has 1 fully saturated rings. The summed E-state index contributed by atoms with van der Waals surface area (Å²) in [5.74, 6) is 0. The highest BCUT2D eigenvalue weighted by atomic mass is 15.2. The Kier molecular flexibility index (Phi) is 4.66. The van der Waals surface area contributed by atoms with Gasteiger partial charge in [-0.15, -0.1) is 0 Å². The van der Waals surface area contributed by atoms with Crippen LogP contribution in [-0.4, -0.2) is 63.2 Å². The third-order valence-electron chi connectivity index (χ3n) is 3.99. The molecule has 19 heavy (non-hydrogen) atoms. The number of aryl methyl sites for hydroxylation is 1. The highest BCUT2D eigenvalue weighted by molar-refractivity contribution is 5.58. The van der Waals surface area contributed by atoms with E-state index in [4.69, 9.17) is 5.73 Å². The molecule has 1 heterocycles. The molecule has 1 aromatic carbocycles. The number of anilines is 2. The summed E-state index contributed by atoms with van der Waals surface area (Å²) in [5.41, 5.74) is 9.24. The lowest BCUT2D eigenvalue weighted by Crippen LogP contribution is -2.34. The van der Waals surface area contributed by atoms with Gasteiger partial charge in [-0.3, -0.25) is 0 Å². The van der Waals surface area contributed by atoms with Crippen LogP contribution in [0.1, 0.15) is 5.56 Å². The molecule has 0 aliphatic carbocycles. The van der Waals surface area contributed by atoms with E-state index in [1.807, 2.05) is 6.07 Å². The molecular weight excluding hydrogens is 236 g/mol. The van der Waals surface area contributed by atoms with Crippen LogP contribution in [0.2, 0.25) is 0 Å². The van der Waals surface area contributed by atoms with E-state index < -0.39 is 0 Å². The predicted octanol–water partition coefficient (Wildman–Crippen LogP) is 1.26. The Labute approximate surface area is 116 Å². The Hall–Kier alpha value is -1.26. The topological polar surface area (TPSA) is 35.7 Å². The van der Waals surface area contributed by atoms with Crippen molar-refractivity contribution in [2.75, 3.05) is 64.0 Å². The van der Waals surface area contributed by atoms with Crippen LogP contribution < -0.4 is 10.6 Å². The molecule has 0 unspecified atom stereocenters. The second kappa shape index (κ2) is 6.26. The van der Waals surface area contributed by atoms with Crippen molar-refractivity contribution in [1.29, 1.82) is 0 Å². The molecule has 0 bridgehead atoms. The Morgan fingerprint density at radius 3 is 1.95 bits per heavy atom.